The number of hydrogen-bond acceptors (Lipinski definition) is 4. The fourth-order valence-electron chi connectivity index (χ4n) is 3.73. The molecule has 3 heterocycles. The minimum atomic E-state index is 0.0416. The first-order chi connectivity index (χ1) is 12.5. The molecule has 3 amide bonds. The molecule has 0 saturated carbocycles. The van der Waals surface area contributed by atoms with E-state index in [1.807, 2.05) is 22.1 Å². The van der Waals surface area contributed by atoms with Crippen LogP contribution in [-0.2, 0) is 11.3 Å². The first-order valence-corrected chi connectivity index (χ1v) is 9.41. The molecule has 0 unspecified atom stereocenters. The quantitative estimate of drug-likeness (QED) is 0.811. The monoisotopic (exact) mass is 359 g/mol. The molecule has 0 aromatic carbocycles. The fraction of sp³-hybridized carbons (Fsp3) is 0.632. The highest BCUT2D eigenvalue weighted by Gasteiger charge is 2.32. The number of carbonyl (C=O) groups is 2. The lowest BCUT2D eigenvalue weighted by molar-refractivity contribution is -0.138. The number of nitrogens with zero attached hydrogens (tertiary/aromatic N) is 5. The Bertz CT molecular complexity index is 606. The molecule has 1 aromatic rings. The van der Waals surface area contributed by atoms with E-state index >= 15 is 0 Å². The Balaban J connectivity index is 1.43. The summed E-state index contributed by atoms with van der Waals surface area (Å²) < 4.78 is 0. The van der Waals surface area contributed by atoms with Gasteiger partial charge >= 0.3 is 6.03 Å². The number of amides is 3. The molecule has 2 aliphatic rings. The molecule has 0 aliphatic carbocycles. The Morgan fingerprint density at radius 1 is 1.08 bits per heavy atom. The number of aromatic nitrogens is 1. The van der Waals surface area contributed by atoms with Gasteiger partial charge in [-0.3, -0.25) is 14.7 Å². The van der Waals surface area contributed by atoms with Crippen LogP contribution in [0.5, 0.6) is 0 Å². The lowest BCUT2D eigenvalue weighted by Crippen LogP contribution is -2.52. The van der Waals surface area contributed by atoms with Crippen LogP contribution in [0.15, 0.2) is 24.5 Å². The summed E-state index contributed by atoms with van der Waals surface area (Å²) >= 11 is 0. The molecular formula is C19H29N5O2. The van der Waals surface area contributed by atoms with Crippen LogP contribution in [0.4, 0.5) is 4.79 Å². The highest BCUT2D eigenvalue weighted by molar-refractivity contribution is 5.80. The molecule has 0 N–H and O–H groups in total. The van der Waals surface area contributed by atoms with Crippen molar-refractivity contribution in [2.75, 3.05) is 53.4 Å². The average Bonchev–Trinajstić information content (AvgIpc) is 2.68. The average molecular weight is 359 g/mol. The normalized spacial score (nSPS) is 19.5. The van der Waals surface area contributed by atoms with Gasteiger partial charge in [0, 0.05) is 78.2 Å². The van der Waals surface area contributed by atoms with Crippen molar-refractivity contribution in [1.29, 1.82) is 0 Å². The van der Waals surface area contributed by atoms with Gasteiger partial charge in [-0.1, -0.05) is 6.07 Å². The van der Waals surface area contributed by atoms with Crippen LogP contribution in [0.2, 0.25) is 0 Å². The maximum absolute atomic E-state index is 12.8. The van der Waals surface area contributed by atoms with E-state index in [9.17, 15) is 9.59 Å². The largest absolute Gasteiger partial charge is 0.340 e. The fourth-order valence-corrected chi connectivity index (χ4v) is 3.73. The lowest BCUT2D eigenvalue weighted by Gasteiger charge is -2.39. The van der Waals surface area contributed by atoms with E-state index in [2.05, 4.69) is 16.0 Å². The van der Waals surface area contributed by atoms with Gasteiger partial charge in [-0.25, -0.2) is 4.79 Å². The van der Waals surface area contributed by atoms with E-state index in [1.54, 1.807) is 25.2 Å². The van der Waals surface area contributed by atoms with E-state index in [0.29, 0.717) is 13.1 Å². The zero-order valence-corrected chi connectivity index (χ0v) is 15.8. The van der Waals surface area contributed by atoms with Crippen LogP contribution >= 0.6 is 0 Å². The summed E-state index contributed by atoms with van der Waals surface area (Å²) in [6, 6.07) is 4.09. The van der Waals surface area contributed by atoms with Crippen molar-refractivity contribution < 1.29 is 9.59 Å². The minimum Gasteiger partial charge on any atom is -0.340 e. The molecule has 2 aliphatic heterocycles. The van der Waals surface area contributed by atoms with Gasteiger partial charge < -0.3 is 14.7 Å². The molecule has 26 heavy (non-hydrogen) atoms. The summed E-state index contributed by atoms with van der Waals surface area (Å²) in [6.07, 6.45) is 5.24. The number of piperazine rings is 1. The van der Waals surface area contributed by atoms with Gasteiger partial charge in [-0.15, -0.1) is 0 Å². The number of pyridine rings is 1. The standard InChI is InChI=1S/C19H29N5O2/c1-21(2)19(26)24-8-5-17(6-9-24)18(25)23-12-10-22(11-13-23)15-16-4-3-7-20-14-16/h3-4,7,14,17H,5-6,8-13,15H2,1-2H3. The van der Waals surface area contributed by atoms with Crippen molar-refractivity contribution >= 4 is 11.9 Å². The van der Waals surface area contributed by atoms with E-state index in [4.69, 9.17) is 0 Å². The second-order valence-electron chi connectivity index (χ2n) is 7.40. The summed E-state index contributed by atoms with van der Waals surface area (Å²) in [5.41, 5.74) is 1.21. The molecule has 0 atom stereocenters. The van der Waals surface area contributed by atoms with Crippen LogP contribution in [0, 0.1) is 5.92 Å². The van der Waals surface area contributed by atoms with Gasteiger partial charge in [0.1, 0.15) is 0 Å². The van der Waals surface area contributed by atoms with Crippen LogP contribution in [-0.4, -0.2) is 89.9 Å². The molecule has 0 radical (unpaired) electrons. The highest BCUT2D eigenvalue weighted by atomic mass is 16.2. The van der Waals surface area contributed by atoms with Gasteiger partial charge in [0.2, 0.25) is 5.91 Å². The van der Waals surface area contributed by atoms with Crippen LogP contribution in [0.1, 0.15) is 18.4 Å². The molecule has 142 valence electrons. The molecule has 2 fully saturated rings. The van der Waals surface area contributed by atoms with Gasteiger partial charge in [-0.2, -0.15) is 0 Å². The lowest BCUT2D eigenvalue weighted by atomic mass is 9.95. The van der Waals surface area contributed by atoms with Gasteiger partial charge in [0.15, 0.2) is 0 Å². The van der Waals surface area contributed by atoms with Crippen molar-refractivity contribution in [3.63, 3.8) is 0 Å². The number of rotatable bonds is 3. The van der Waals surface area contributed by atoms with E-state index in [-0.39, 0.29) is 17.9 Å². The summed E-state index contributed by atoms with van der Waals surface area (Å²) in [6.45, 7) is 5.62. The summed E-state index contributed by atoms with van der Waals surface area (Å²) in [5, 5.41) is 0. The summed E-state index contributed by atoms with van der Waals surface area (Å²) in [7, 11) is 3.54. The minimum absolute atomic E-state index is 0.0416. The Morgan fingerprint density at radius 3 is 2.35 bits per heavy atom. The van der Waals surface area contributed by atoms with E-state index in [0.717, 1.165) is 45.6 Å². The Hall–Kier alpha value is -2.15. The molecule has 1 aromatic heterocycles. The van der Waals surface area contributed by atoms with E-state index in [1.165, 1.54) is 5.56 Å². The number of hydrogen-bond donors (Lipinski definition) is 0. The predicted molar refractivity (Wildman–Crippen MR) is 99.5 cm³/mol. The number of carbonyl (C=O) groups excluding carboxylic acids is 2. The second kappa shape index (κ2) is 8.49. The van der Waals surface area contributed by atoms with Crippen LogP contribution in [0.3, 0.4) is 0 Å². The van der Waals surface area contributed by atoms with Crippen molar-refractivity contribution in [2.24, 2.45) is 5.92 Å². The first-order valence-electron chi connectivity index (χ1n) is 9.41. The van der Waals surface area contributed by atoms with Crippen LogP contribution in [0.25, 0.3) is 0 Å². The molecule has 3 rings (SSSR count). The summed E-state index contributed by atoms with van der Waals surface area (Å²) in [5.74, 6) is 0.328. The van der Waals surface area contributed by atoms with E-state index < -0.39 is 0 Å². The van der Waals surface area contributed by atoms with Crippen molar-refractivity contribution in [2.45, 2.75) is 19.4 Å². The number of piperidine rings is 1. The Morgan fingerprint density at radius 2 is 1.77 bits per heavy atom. The molecule has 2 saturated heterocycles. The molecule has 7 nitrogen and oxygen atoms in total. The zero-order valence-electron chi connectivity index (χ0n) is 15.8. The molecule has 7 heteroatoms. The first kappa shape index (κ1) is 18.6. The Kier molecular flexibility index (Phi) is 6.08. The molecule has 0 spiro atoms. The third kappa shape index (κ3) is 4.52. The van der Waals surface area contributed by atoms with Gasteiger partial charge in [0.25, 0.3) is 0 Å². The van der Waals surface area contributed by atoms with Crippen molar-refractivity contribution in [3.05, 3.63) is 30.1 Å². The third-order valence-corrected chi connectivity index (χ3v) is 5.31. The highest BCUT2D eigenvalue weighted by Crippen LogP contribution is 2.21. The molecule has 0 bridgehead atoms. The SMILES string of the molecule is CN(C)C(=O)N1CCC(C(=O)N2CCN(Cc3cccnc3)CC2)CC1. The van der Waals surface area contributed by atoms with Gasteiger partial charge in [-0.05, 0) is 24.5 Å². The maximum atomic E-state index is 12.8. The summed E-state index contributed by atoms with van der Waals surface area (Å²) in [4.78, 5) is 36.8. The van der Waals surface area contributed by atoms with Crippen LogP contribution < -0.4 is 0 Å². The molecular weight excluding hydrogens is 330 g/mol. The second-order valence-corrected chi connectivity index (χ2v) is 7.40. The topological polar surface area (TPSA) is 60.0 Å². The number of urea groups is 1. The van der Waals surface area contributed by atoms with Crippen molar-refractivity contribution in [1.82, 2.24) is 24.6 Å². The maximum Gasteiger partial charge on any atom is 0.319 e. The zero-order chi connectivity index (χ0) is 18.5. The van der Waals surface area contributed by atoms with Gasteiger partial charge in [0.05, 0.1) is 0 Å². The Labute approximate surface area is 155 Å². The van der Waals surface area contributed by atoms with Crippen molar-refractivity contribution in [3.8, 4) is 0 Å². The smallest absolute Gasteiger partial charge is 0.319 e. The third-order valence-electron chi connectivity index (χ3n) is 5.31. The number of likely N-dealkylation sites (tertiary alicyclic amines) is 1. The predicted octanol–water partition coefficient (Wildman–Crippen LogP) is 1.12.